The highest BCUT2D eigenvalue weighted by Crippen LogP contribution is 2.31. The number of hydrogen-bond donors (Lipinski definition) is 1. The molecule has 3 amide bonds. The second-order valence-electron chi connectivity index (χ2n) is 6.77. The van der Waals surface area contributed by atoms with Crippen molar-refractivity contribution >= 4 is 34.9 Å². The molecule has 32 heavy (non-hydrogen) atoms. The Morgan fingerprint density at radius 1 is 1.06 bits per heavy atom. The van der Waals surface area contributed by atoms with Gasteiger partial charge in [-0.3, -0.25) is 19.3 Å². The maximum atomic E-state index is 13.4. The number of carbonyl (C=O) groups is 3. The van der Waals surface area contributed by atoms with Crippen LogP contribution in [0.1, 0.15) is 16.1 Å². The van der Waals surface area contributed by atoms with E-state index in [0.717, 1.165) is 16.7 Å². The molecule has 7 nitrogen and oxygen atoms in total. The minimum absolute atomic E-state index is 0.0121. The van der Waals surface area contributed by atoms with Crippen LogP contribution in [-0.2, 0) is 4.79 Å². The third-order valence-corrected chi connectivity index (χ3v) is 5.46. The number of hydrogen-bond acceptors (Lipinski definition) is 5. The fourth-order valence-electron chi connectivity index (χ4n) is 2.98. The van der Waals surface area contributed by atoms with Crippen molar-refractivity contribution in [3.05, 3.63) is 88.6 Å². The number of amides is 3. The van der Waals surface area contributed by atoms with E-state index in [-0.39, 0.29) is 23.7 Å². The van der Waals surface area contributed by atoms with Crippen LogP contribution in [0.4, 0.5) is 13.6 Å². The molecule has 162 valence electrons. The maximum absolute atomic E-state index is 13.4. The van der Waals surface area contributed by atoms with E-state index in [1.54, 1.807) is 6.07 Å². The quantitative estimate of drug-likeness (QED) is 0.576. The Morgan fingerprint density at radius 3 is 2.59 bits per heavy atom. The summed E-state index contributed by atoms with van der Waals surface area (Å²) in [5.41, 5.74) is 1.17. The van der Waals surface area contributed by atoms with Gasteiger partial charge in [-0.2, -0.15) is 5.10 Å². The lowest BCUT2D eigenvalue weighted by Crippen LogP contribution is -2.37. The fraction of sp³-hybridized carbons (Fsp3) is 0.0909. The molecule has 2 heterocycles. The topological polar surface area (TPSA) is 84.3 Å². The molecule has 1 fully saturated rings. The Balaban J connectivity index is 1.34. The zero-order valence-electron chi connectivity index (χ0n) is 16.5. The summed E-state index contributed by atoms with van der Waals surface area (Å²) in [6.45, 7) is 0.0231. The van der Waals surface area contributed by atoms with Crippen molar-refractivity contribution in [3.8, 4) is 5.69 Å². The first-order valence-electron chi connectivity index (χ1n) is 9.51. The molecular weight excluding hydrogens is 438 g/mol. The average Bonchev–Trinajstić information content (AvgIpc) is 3.36. The third kappa shape index (κ3) is 4.75. The van der Waals surface area contributed by atoms with Gasteiger partial charge in [-0.1, -0.05) is 18.2 Å². The number of thioether (sulfide) groups is 1. The minimum atomic E-state index is -0.492. The van der Waals surface area contributed by atoms with Gasteiger partial charge in [0.2, 0.25) is 0 Å². The molecule has 10 heteroatoms. The summed E-state index contributed by atoms with van der Waals surface area (Å²) in [7, 11) is 0. The molecule has 1 aromatic heterocycles. The second-order valence-corrected chi connectivity index (χ2v) is 7.76. The van der Waals surface area contributed by atoms with Crippen LogP contribution in [0, 0.1) is 11.6 Å². The van der Waals surface area contributed by atoms with Crippen molar-refractivity contribution < 1.29 is 23.2 Å². The first-order chi connectivity index (χ1) is 15.4. The van der Waals surface area contributed by atoms with Crippen LogP contribution in [0.3, 0.4) is 0 Å². The van der Waals surface area contributed by atoms with Crippen LogP contribution in [0.5, 0.6) is 0 Å². The van der Waals surface area contributed by atoms with Crippen molar-refractivity contribution in [2.75, 3.05) is 13.1 Å². The first kappa shape index (κ1) is 21.4. The smallest absolute Gasteiger partial charge is 0.293 e. The number of nitrogens with zero attached hydrogens (tertiary/aromatic N) is 3. The van der Waals surface area contributed by atoms with E-state index in [0.29, 0.717) is 11.3 Å². The minimum Gasteiger partial charge on any atom is -0.349 e. The predicted octanol–water partition coefficient (Wildman–Crippen LogP) is 3.62. The van der Waals surface area contributed by atoms with Crippen molar-refractivity contribution in [1.29, 1.82) is 0 Å². The molecule has 4 rings (SSSR count). The summed E-state index contributed by atoms with van der Waals surface area (Å²) in [5.74, 6) is -1.79. The highest BCUT2D eigenvalue weighted by Gasteiger charge is 2.34. The third-order valence-electron chi connectivity index (χ3n) is 4.56. The van der Waals surface area contributed by atoms with Crippen LogP contribution in [-0.4, -0.2) is 44.8 Å². The number of rotatable bonds is 6. The van der Waals surface area contributed by atoms with Gasteiger partial charge < -0.3 is 5.32 Å². The molecule has 0 saturated carbocycles. The molecule has 0 radical (unpaired) electrons. The van der Waals surface area contributed by atoms with Crippen LogP contribution < -0.4 is 5.32 Å². The number of imide groups is 1. The number of carbonyl (C=O) groups excluding carboxylic acids is 3. The van der Waals surface area contributed by atoms with Gasteiger partial charge in [-0.05, 0) is 59.8 Å². The number of benzene rings is 2. The van der Waals surface area contributed by atoms with E-state index in [1.807, 2.05) is 0 Å². The van der Waals surface area contributed by atoms with Crippen LogP contribution in [0.25, 0.3) is 11.8 Å². The van der Waals surface area contributed by atoms with Gasteiger partial charge >= 0.3 is 0 Å². The van der Waals surface area contributed by atoms with Gasteiger partial charge in [-0.15, -0.1) is 0 Å². The van der Waals surface area contributed by atoms with Crippen molar-refractivity contribution in [3.63, 3.8) is 0 Å². The Bertz CT molecular complexity index is 1220. The summed E-state index contributed by atoms with van der Waals surface area (Å²) in [6, 6.07) is 12.8. The molecule has 1 aliphatic heterocycles. The molecule has 0 atom stereocenters. The van der Waals surface area contributed by atoms with Crippen LogP contribution in [0.15, 0.2) is 65.7 Å². The predicted molar refractivity (Wildman–Crippen MR) is 115 cm³/mol. The summed E-state index contributed by atoms with van der Waals surface area (Å²) < 4.78 is 27.8. The van der Waals surface area contributed by atoms with Gasteiger partial charge in [0.25, 0.3) is 17.1 Å². The normalized spacial score (nSPS) is 14.9. The molecule has 0 unspecified atom stereocenters. The molecule has 1 aliphatic rings. The molecule has 0 aliphatic carbocycles. The Morgan fingerprint density at radius 2 is 1.84 bits per heavy atom. The van der Waals surface area contributed by atoms with Gasteiger partial charge in [0, 0.05) is 19.3 Å². The molecule has 2 aromatic carbocycles. The highest BCUT2D eigenvalue weighted by molar-refractivity contribution is 8.18. The van der Waals surface area contributed by atoms with Gasteiger partial charge in [0.1, 0.15) is 11.6 Å². The van der Waals surface area contributed by atoms with Crippen LogP contribution in [0.2, 0.25) is 0 Å². The van der Waals surface area contributed by atoms with E-state index >= 15 is 0 Å². The van der Waals surface area contributed by atoms with Gasteiger partial charge in [0.05, 0.1) is 10.6 Å². The SMILES string of the molecule is O=C(NCCN1C(=O)S/C(=C\c2ccc(F)cc2)C1=O)c1ccn(-c2cccc(F)c2)n1. The molecule has 3 aromatic rings. The number of halogens is 2. The molecule has 1 N–H and O–H groups in total. The van der Waals surface area contributed by atoms with E-state index in [9.17, 15) is 23.2 Å². The first-order valence-corrected chi connectivity index (χ1v) is 10.3. The van der Waals surface area contributed by atoms with E-state index in [4.69, 9.17) is 0 Å². The molecular formula is C22H16F2N4O3S. The zero-order valence-corrected chi connectivity index (χ0v) is 17.3. The monoisotopic (exact) mass is 454 g/mol. The molecule has 0 spiro atoms. The lowest BCUT2D eigenvalue weighted by atomic mass is 10.2. The average molecular weight is 454 g/mol. The summed E-state index contributed by atoms with van der Waals surface area (Å²) >= 11 is 0.784. The summed E-state index contributed by atoms with van der Waals surface area (Å²) in [6.07, 6.45) is 3.04. The molecule has 0 bridgehead atoms. The van der Waals surface area contributed by atoms with Gasteiger partial charge in [-0.25, -0.2) is 13.5 Å². The number of aromatic nitrogens is 2. The van der Waals surface area contributed by atoms with Crippen molar-refractivity contribution in [2.45, 2.75) is 0 Å². The summed E-state index contributed by atoms with van der Waals surface area (Å²) in [5, 5.41) is 6.28. The lowest BCUT2D eigenvalue weighted by Gasteiger charge is -2.12. The second kappa shape index (κ2) is 9.15. The fourth-order valence-corrected chi connectivity index (χ4v) is 3.85. The number of nitrogens with one attached hydrogen (secondary N) is 1. The largest absolute Gasteiger partial charge is 0.349 e. The molecule has 1 saturated heterocycles. The van der Waals surface area contributed by atoms with E-state index < -0.39 is 28.7 Å². The summed E-state index contributed by atoms with van der Waals surface area (Å²) in [4.78, 5) is 38.3. The van der Waals surface area contributed by atoms with Crippen molar-refractivity contribution in [2.24, 2.45) is 0 Å². The van der Waals surface area contributed by atoms with Crippen molar-refractivity contribution in [1.82, 2.24) is 20.0 Å². The van der Waals surface area contributed by atoms with E-state index in [1.165, 1.54) is 65.5 Å². The Hall–Kier alpha value is -3.79. The Kier molecular flexibility index (Phi) is 6.13. The highest BCUT2D eigenvalue weighted by atomic mass is 32.2. The zero-order chi connectivity index (χ0) is 22.7. The Labute approximate surface area is 185 Å². The standard InChI is InChI=1S/C22H16F2N4O3S/c23-15-6-4-14(5-7-15)12-19-21(30)27(22(31)32-19)11-9-25-20(29)18-8-10-28(26-18)17-3-1-2-16(24)13-17/h1-8,10,12-13H,9,11H2,(H,25,29)/b19-12-. The van der Waals surface area contributed by atoms with E-state index in [2.05, 4.69) is 10.4 Å². The van der Waals surface area contributed by atoms with Crippen LogP contribution >= 0.6 is 11.8 Å². The van der Waals surface area contributed by atoms with Gasteiger partial charge in [0.15, 0.2) is 5.69 Å². The lowest BCUT2D eigenvalue weighted by molar-refractivity contribution is -0.122. The maximum Gasteiger partial charge on any atom is 0.293 e.